The van der Waals surface area contributed by atoms with Crippen molar-refractivity contribution in [3.63, 3.8) is 0 Å². The molecule has 2 nitrogen and oxygen atoms in total. The summed E-state index contributed by atoms with van der Waals surface area (Å²) < 4.78 is 0. The first kappa shape index (κ1) is 12.0. The average molecular weight is 251 g/mol. The number of carbonyl (C=O) groups is 1. The van der Waals surface area contributed by atoms with Gasteiger partial charge >= 0.3 is 0 Å². The summed E-state index contributed by atoms with van der Waals surface area (Å²) in [5, 5.41) is 0. The van der Waals surface area contributed by atoms with Gasteiger partial charge in [-0.3, -0.25) is 4.79 Å². The Hall–Kier alpha value is -2.09. The fourth-order valence-electron chi connectivity index (χ4n) is 2.79. The third-order valence-electron chi connectivity index (χ3n) is 3.80. The molecule has 0 spiro atoms. The van der Waals surface area contributed by atoms with E-state index in [0.717, 1.165) is 24.2 Å². The summed E-state index contributed by atoms with van der Waals surface area (Å²) in [6, 6.07) is 18.3. The number of hydrogen-bond acceptors (Lipinski definition) is 1. The molecule has 96 valence electrons. The second-order valence-corrected chi connectivity index (χ2v) is 4.89. The molecule has 0 saturated carbocycles. The number of rotatable bonds is 2. The lowest BCUT2D eigenvalue weighted by Gasteiger charge is -2.33. The van der Waals surface area contributed by atoms with Crippen molar-refractivity contribution < 1.29 is 4.79 Å². The van der Waals surface area contributed by atoms with Crippen LogP contribution in [0.25, 0.3) is 0 Å². The Balaban J connectivity index is 2.13. The van der Waals surface area contributed by atoms with E-state index in [-0.39, 0.29) is 11.8 Å². The lowest BCUT2D eigenvalue weighted by Crippen LogP contribution is -2.39. The number of amides is 1. The Morgan fingerprint density at radius 1 is 1.05 bits per heavy atom. The smallest absolute Gasteiger partial charge is 0.234 e. The van der Waals surface area contributed by atoms with E-state index in [1.807, 2.05) is 54.3 Å². The summed E-state index contributed by atoms with van der Waals surface area (Å²) in [6.45, 7) is 3.53. The van der Waals surface area contributed by atoms with Gasteiger partial charge in [-0.15, -0.1) is 0 Å². The van der Waals surface area contributed by atoms with Gasteiger partial charge in [0.15, 0.2) is 0 Å². The zero-order valence-electron chi connectivity index (χ0n) is 11.0. The largest absolute Gasteiger partial charge is 0.338 e. The zero-order chi connectivity index (χ0) is 13.2. The minimum absolute atomic E-state index is 0.147. The predicted molar refractivity (Wildman–Crippen MR) is 75.8 cm³/mol. The van der Waals surface area contributed by atoms with Gasteiger partial charge in [0.1, 0.15) is 0 Å². The van der Waals surface area contributed by atoms with E-state index < -0.39 is 0 Å². The summed E-state index contributed by atoms with van der Waals surface area (Å²) in [6.07, 6.45) is 0. The quantitative estimate of drug-likeness (QED) is 0.802. The molecule has 0 saturated heterocycles. The Bertz CT molecular complexity index is 591. The standard InChI is InChI=1S/C17H17NO/c1-2-18-12-14-10-6-7-11-15(14)16(17(18)19)13-8-4-3-5-9-13/h3-11,16H,2,12H2,1H3. The van der Waals surface area contributed by atoms with Crippen LogP contribution in [0.3, 0.4) is 0 Å². The molecule has 3 rings (SSSR count). The molecule has 0 radical (unpaired) electrons. The van der Waals surface area contributed by atoms with Gasteiger partial charge in [-0.05, 0) is 23.6 Å². The highest BCUT2D eigenvalue weighted by Crippen LogP contribution is 2.34. The molecule has 2 aromatic rings. The van der Waals surface area contributed by atoms with Crippen molar-refractivity contribution in [3.05, 3.63) is 71.3 Å². The number of benzene rings is 2. The number of nitrogens with zero attached hydrogens (tertiary/aromatic N) is 1. The minimum atomic E-state index is -0.147. The van der Waals surface area contributed by atoms with Gasteiger partial charge < -0.3 is 4.90 Å². The van der Waals surface area contributed by atoms with Gasteiger partial charge in [0.2, 0.25) is 5.91 Å². The maximum atomic E-state index is 12.6. The van der Waals surface area contributed by atoms with Crippen LogP contribution in [-0.4, -0.2) is 17.4 Å². The fourth-order valence-corrected chi connectivity index (χ4v) is 2.79. The first-order valence-corrected chi connectivity index (χ1v) is 6.72. The van der Waals surface area contributed by atoms with Crippen molar-refractivity contribution in [3.8, 4) is 0 Å². The van der Waals surface area contributed by atoms with E-state index in [9.17, 15) is 4.79 Å². The molecule has 19 heavy (non-hydrogen) atoms. The second-order valence-electron chi connectivity index (χ2n) is 4.89. The van der Waals surface area contributed by atoms with Gasteiger partial charge in [0, 0.05) is 13.1 Å². The maximum absolute atomic E-state index is 12.6. The normalized spacial score (nSPS) is 18.3. The van der Waals surface area contributed by atoms with Crippen molar-refractivity contribution >= 4 is 5.91 Å². The molecule has 1 aliphatic rings. The number of hydrogen-bond donors (Lipinski definition) is 0. The summed E-state index contributed by atoms with van der Waals surface area (Å²) in [5.74, 6) is 0.0681. The molecule has 1 aliphatic heterocycles. The molecule has 1 unspecified atom stereocenters. The molecule has 1 amide bonds. The predicted octanol–water partition coefficient (Wildman–Crippen LogP) is 3.18. The van der Waals surface area contributed by atoms with E-state index in [1.165, 1.54) is 5.56 Å². The lowest BCUT2D eigenvalue weighted by molar-refractivity contribution is -0.133. The van der Waals surface area contributed by atoms with Gasteiger partial charge in [-0.1, -0.05) is 54.6 Å². The topological polar surface area (TPSA) is 20.3 Å². The van der Waals surface area contributed by atoms with Gasteiger partial charge in [0.25, 0.3) is 0 Å². The minimum Gasteiger partial charge on any atom is -0.338 e. The highest BCUT2D eigenvalue weighted by molar-refractivity contribution is 5.89. The van der Waals surface area contributed by atoms with E-state index in [4.69, 9.17) is 0 Å². The van der Waals surface area contributed by atoms with Gasteiger partial charge in [-0.2, -0.15) is 0 Å². The van der Waals surface area contributed by atoms with Crippen LogP contribution in [0.4, 0.5) is 0 Å². The molecule has 1 atom stereocenters. The van der Waals surface area contributed by atoms with Crippen molar-refractivity contribution in [1.29, 1.82) is 0 Å². The van der Waals surface area contributed by atoms with Crippen LogP contribution >= 0.6 is 0 Å². The molecule has 0 aromatic heterocycles. The van der Waals surface area contributed by atoms with Crippen molar-refractivity contribution in [1.82, 2.24) is 4.90 Å². The van der Waals surface area contributed by atoms with Crippen LogP contribution in [0.1, 0.15) is 29.5 Å². The SMILES string of the molecule is CCN1Cc2ccccc2C(c2ccccc2)C1=O. The number of fused-ring (bicyclic) bond motifs is 1. The first-order chi connectivity index (χ1) is 9.31. The first-order valence-electron chi connectivity index (χ1n) is 6.72. The van der Waals surface area contributed by atoms with E-state index in [1.54, 1.807) is 0 Å². The van der Waals surface area contributed by atoms with Crippen LogP contribution < -0.4 is 0 Å². The zero-order valence-corrected chi connectivity index (χ0v) is 11.0. The summed E-state index contributed by atoms with van der Waals surface area (Å²) in [4.78, 5) is 14.6. The second kappa shape index (κ2) is 4.88. The Kier molecular flexibility index (Phi) is 3.08. The van der Waals surface area contributed by atoms with Crippen LogP contribution in [0.5, 0.6) is 0 Å². The van der Waals surface area contributed by atoms with Crippen molar-refractivity contribution in [2.24, 2.45) is 0 Å². The number of likely N-dealkylation sites (N-methyl/N-ethyl adjacent to an activating group) is 1. The maximum Gasteiger partial charge on any atom is 0.234 e. The molecular weight excluding hydrogens is 234 g/mol. The molecule has 2 aromatic carbocycles. The average Bonchev–Trinajstić information content (AvgIpc) is 2.47. The van der Waals surface area contributed by atoms with Crippen molar-refractivity contribution in [2.45, 2.75) is 19.4 Å². The van der Waals surface area contributed by atoms with Gasteiger partial charge in [0.05, 0.1) is 5.92 Å². The lowest BCUT2D eigenvalue weighted by atomic mass is 9.84. The highest BCUT2D eigenvalue weighted by atomic mass is 16.2. The van der Waals surface area contributed by atoms with E-state index in [0.29, 0.717) is 0 Å². The molecule has 0 fully saturated rings. The van der Waals surface area contributed by atoms with Crippen LogP contribution in [0.2, 0.25) is 0 Å². The van der Waals surface area contributed by atoms with E-state index >= 15 is 0 Å². The Morgan fingerprint density at radius 3 is 2.47 bits per heavy atom. The summed E-state index contributed by atoms with van der Waals surface area (Å²) >= 11 is 0. The van der Waals surface area contributed by atoms with Crippen LogP contribution in [0, 0.1) is 0 Å². The molecular formula is C17H17NO. The van der Waals surface area contributed by atoms with Crippen LogP contribution in [-0.2, 0) is 11.3 Å². The molecule has 0 bridgehead atoms. The molecule has 1 heterocycles. The third kappa shape index (κ3) is 2.03. The molecule has 0 aliphatic carbocycles. The highest BCUT2D eigenvalue weighted by Gasteiger charge is 2.32. The fraction of sp³-hybridized carbons (Fsp3) is 0.235. The third-order valence-corrected chi connectivity index (χ3v) is 3.80. The van der Waals surface area contributed by atoms with E-state index in [2.05, 4.69) is 12.1 Å². The van der Waals surface area contributed by atoms with Crippen molar-refractivity contribution in [2.75, 3.05) is 6.54 Å². The Morgan fingerprint density at radius 2 is 1.74 bits per heavy atom. The molecule has 0 N–H and O–H groups in total. The summed E-state index contributed by atoms with van der Waals surface area (Å²) in [5.41, 5.74) is 3.50. The Labute approximate surface area is 113 Å². The molecule has 2 heteroatoms. The summed E-state index contributed by atoms with van der Waals surface area (Å²) in [7, 11) is 0. The monoisotopic (exact) mass is 251 g/mol. The number of carbonyl (C=O) groups excluding carboxylic acids is 1. The van der Waals surface area contributed by atoms with Crippen LogP contribution in [0.15, 0.2) is 54.6 Å². The van der Waals surface area contributed by atoms with Gasteiger partial charge in [-0.25, -0.2) is 0 Å².